The van der Waals surface area contributed by atoms with E-state index in [9.17, 15) is 4.79 Å². The molecule has 31 heavy (non-hydrogen) atoms. The number of benzene rings is 1. The number of unbranched alkanes of at least 4 members (excludes halogenated alkanes) is 6. The molecule has 0 aliphatic heterocycles. The number of pyridine rings is 1. The van der Waals surface area contributed by atoms with Gasteiger partial charge in [-0.2, -0.15) is 5.11 Å². The Morgan fingerprint density at radius 1 is 1.03 bits per heavy atom. The first-order chi connectivity index (χ1) is 15.1. The van der Waals surface area contributed by atoms with E-state index in [-0.39, 0.29) is 12.4 Å². The summed E-state index contributed by atoms with van der Waals surface area (Å²) < 4.78 is 4.92. The first-order valence-electron chi connectivity index (χ1n) is 11.1. The van der Waals surface area contributed by atoms with Crippen molar-refractivity contribution in [1.82, 2.24) is 4.98 Å². The Labute approximate surface area is 184 Å². The number of azo groups is 1. The van der Waals surface area contributed by atoms with Crippen molar-refractivity contribution in [3.8, 4) is 0 Å². The van der Waals surface area contributed by atoms with Crippen LogP contribution in [0.25, 0.3) is 0 Å². The third-order valence-electron chi connectivity index (χ3n) is 4.65. The Morgan fingerprint density at radius 3 is 2.45 bits per heavy atom. The number of ether oxygens (including phenoxy) is 1. The highest BCUT2D eigenvalue weighted by molar-refractivity contribution is 5.90. The van der Waals surface area contributed by atoms with E-state index in [0.29, 0.717) is 17.2 Å². The lowest BCUT2D eigenvalue weighted by atomic mass is 10.1. The fraction of sp³-hybridized carbons (Fsp3) is 0.478. The number of amides is 1. The van der Waals surface area contributed by atoms with Crippen LogP contribution in [0.1, 0.15) is 58.8 Å². The van der Waals surface area contributed by atoms with E-state index in [1.807, 2.05) is 30.3 Å². The maximum Gasteiger partial charge on any atom is 0.411 e. The third kappa shape index (κ3) is 9.02. The topological polar surface area (TPSA) is 114 Å². The Balaban J connectivity index is 2.06. The van der Waals surface area contributed by atoms with Crippen LogP contribution in [0.2, 0.25) is 0 Å². The summed E-state index contributed by atoms with van der Waals surface area (Å²) in [4.78, 5) is 16.2. The molecule has 0 saturated heterocycles. The first kappa shape index (κ1) is 24.1. The van der Waals surface area contributed by atoms with Gasteiger partial charge in [-0.3, -0.25) is 5.32 Å². The van der Waals surface area contributed by atoms with Crippen LogP contribution in [-0.4, -0.2) is 24.2 Å². The molecular formula is C23H34N6O2. The quantitative estimate of drug-likeness (QED) is 0.240. The normalized spacial score (nSPS) is 10.9. The van der Waals surface area contributed by atoms with Gasteiger partial charge >= 0.3 is 6.09 Å². The number of aromatic nitrogens is 1. The predicted octanol–water partition coefficient (Wildman–Crippen LogP) is 6.81. The van der Waals surface area contributed by atoms with Gasteiger partial charge in [-0.1, -0.05) is 63.6 Å². The minimum Gasteiger partial charge on any atom is -0.450 e. The van der Waals surface area contributed by atoms with Gasteiger partial charge in [0, 0.05) is 6.54 Å². The van der Waals surface area contributed by atoms with E-state index in [1.54, 1.807) is 13.0 Å². The van der Waals surface area contributed by atoms with Crippen molar-refractivity contribution in [1.29, 1.82) is 0 Å². The molecule has 1 aromatic carbocycles. The van der Waals surface area contributed by atoms with E-state index in [2.05, 4.69) is 32.8 Å². The molecule has 0 spiro atoms. The molecule has 2 rings (SSSR count). The van der Waals surface area contributed by atoms with Gasteiger partial charge < -0.3 is 15.8 Å². The molecule has 0 bridgehead atoms. The Morgan fingerprint density at radius 2 is 1.74 bits per heavy atom. The Kier molecular flexibility index (Phi) is 10.9. The van der Waals surface area contributed by atoms with Crippen molar-refractivity contribution in [2.75, 3.05) is 29.5 Å². The van der Waals surface area contributed by atoms with Crippen molar-refractivity contribution >= 4 is 34.8 Å². The molecule has 0 radical (unpaired) electrons. The van der Waals surface area contributed by atoms with Crippen LogP contribution < -0.4 is 16.4 Å². The number of rotatable bonds is 13. The average Bonchev–Trinajstić information content (AvgIpc) is 2.77. The number of carbonyl (C=O) groups excluding carboxylic acids is 1. The van der Waals surface area contributed by atoms with Crippen LogP contribution >= 0.6 is 0 Å². The lowest BCUT2D eigenvalue weighted by Crippen LogP contribution is -2.15. The Hall–Kier alpha value is -3.16. The molecule has 0 unspecified atom stereocenters. The fourth-order valence-corrected chi connectivity index (χ4v) is 3.00. The molecule has 2 aromatic rings. The van der Waals surface area contributed by atoms with Gasteiger partial charge in [0.15, 0.2) is 5.82 Å². The second-order valence-electron chi connectivity index (χ2n) is 7.22. The van der Waals surface area contributed by atoms with E-state index in [1.165, 1.54) is 32.1 Å². The molecule has 0 aliphatic carbocycles. The highest BCUT2D eigenvalue weighted by Gasteiger charge is 2.13. The second-order valence-corrected chi connectivity index (χ2v) is 7.22. The predicted molar refractivity (Wildman–Crippen MR) is 126 cm³/mol. The lowest BCUT2D eigenvalue weighted by molar-refractivity contribution is 0.168. The summed E-state index contributed by atoms with van der Waals surface area (Å²) in [5, 5.41) is 14.5. The maximum absolute atomic E-state index is 11.8. The molecule has 0 fully saturated rings. The van der Waals surface area contributed by atoms with E-state index in [0.717, 1.165) is 25.1 Å². The van der Waals surface area contributed by atoms with E-state index >= 15 is 0 Å². The number of hydrogen-bond acceptors (Lipinski definition) is 7. The van der Waals surface area contributed by atoms with Gasteiger partial charge in [-0.15, -0.1) is 5.11 Å². The minimum absolute atomic E-state index is 0.189. The van der Waals surface area contributed by atoms with Gasteiger partial charge in [0.25, 0.3) is 0 Å². The van der Waals surface area contributed by atoms with Crippen LogP contribution in [0.15, 0.2) is 46.6 Å². The largest absolute Gasteiger partial charge is 0.450 e. The summed E-state index contributed by atoms with van der Waals surface area (Å²) in [7, 11) is 0. The standard InChI is InChI=1S/C23H34N6O2/c1-3-5-6-7-8-9-13-16-25-22-20(29-28-18-14-11-10-12-15-18)17-19(21(24)27-22)26-23(30)31-4-2/h10-12,14-15,17H,3-9,13,16H2,1-2H3,(H,26,30)(H3,24,25,27). The molecule has 1 amide bonds. The van der Waals surface area contributed by atoms with Crippen molar-refractivity contribution in [2.45, 2.75) is 58.8 Å². The summed E-state index contributed by atoms with van der Waals surface area (Å²) in [6.45, 7) is 4.98. The van der Waals surface area contributed by atoms with Gasteiger partial charge in [0.2, 0.25) is 0 Å². The molecule has 0 aliphatic rings. The van der Waals surface area contributed by atoms with Gasteiger partial charge in [0.1, 0.15) is 11.5 Å². The average molecular weight is 427 g/mol. The molecule has 4 N–H and O–H groups in total. The number of nitrogens with zero attached hydrogens (tertiary/aromatic N) is 3. The van der Waals surface area contributed by atoms with Crippen molar-refractivity contribution in [3.63, 3.8) is 0 Å². The lowest BCUT2D eigenvalue weighted by Gasteiger charge is -2.13. The van der Waals surface area contributed by atoms with Crippen molar-refractivity contribution < 1.29 is 9.53 Å². The number of hydrogen-bond donors (Lipinski definition) is 3. The maximum atomic E-state index is 11.8. The molecule has 1 heterocycles. The number of nitrogens with two attached hydrogens (primary N) is 1. The number of anilines is 3. The monoisotopic (exact) mass is 426 g/mol. The highest BCUT2D eigenvalue weighted by Crippen LogP contribution is 2.32. The molecular weight excluding hydrogens is 392 g/mol. The van der Waals surface area contributed by atoms with Crippen LogP contribution in [0, 0.1) is 0 Å². The van der Waals surface area contributed by atoms with E-state index < -0.39 is 6.09 Å². The van der Waals surface area contributed by atoms with Crippen molar-refractivity contribution in [3.05, 3.63) is 36.4 Å². The van der Waals surface area contributed by atoms with Gasteiger partial charge in [-0.25, -0.2) is 9.78 Å². The van der Waals surface area contributed by atoms with Crippen LogP contribution in [0.5, 0.6) is 0 Å². The SMILES string of the molecule is CCCCCCCCCNc1nc(N)c(NC(=O)OCC)cc1N=Nc1ccccc1. The number of carbonyl (C=O) groups is 1. The summed E-state index contributed by atoms with van der Waals surface area (Å²) >= 11 is 0. The molecule has 8 nitrogen and oxygen atoms in total. The van der Waals surface area contributed by atoms with Crippen LogP contribution in [0.4, 0.5) is 33.5 Å². The molecule has 1 aromatic heterocycles. The van der Waals surface area contributed by atoms with Gasteiger partial charge in [0.05, 0.1) is 18.0 Å². The zero-order valence-electron chi connectivity index (χ0n) is 18.6. The molecule has 0 saturated carbocycles. The zero-order chi connectivity index (χ0) is 22.3. The second kappa shape index (κ2) is 14.0. The van der Waals surface area contributed by atoms with Crippen molar-refractivity contribution in [2.24, 2.45) is 10.2 Å². The van der Waals surface area contributed by atoms with Gasteiger partial charge in [-0.05, 0) is 31.5 Å². The molecule has 8 heteroatoms. The summed E-state index contributed by atoms with van der Waals surface area (Å²) in [5.41, 5.74) is 7.59. The minimum atomic E-state index is -0.592. The number of nitrogens with one attached hydrogen (secondary N) is 2. The number of nitrogen functional groups attached to an aromatic ring is 1. The third-order valence-corrected chi connectivity index (χ3v) is 4.65. The molecule has 0 atom stereocenters. The fourth-order valence-electron chi connectivity index (χ4n) is 3.00. The molecule has 168 valence electrons. The van der Waals surface area contributed by atoms with E-state index in [4.69, 9.17) is 10.5 Å². The summed E-state index contributed by atoms with van der Waals surface area (Å²) in [6.07, 6.45) is 8.00. The first-order valence-corrected chi connectivity index (χ1v) is 11.1. The Bertz CT molecular complexity index is 826. The van der Waals surface area contributed by atoms with Crippen LogP contribution in [0.3, 0.4) is 0 Å². The highest BCUT2D eigenvalue weighted by atomic mass is 16.5. The smallest absolute Gasteiger partial charge is 0.411 e. The summed E-state index contributed by atoms with van der Waals surface area (Å²) in [5.74, 6) is 0.728. The zero-order valence-corrected chi connectivity index (χ0v) is 18.6. The summed E-state index contributed by atoms with van der Waals surface area (Å²) in [6, 6.07) is 11.1. The van der Waals surface area contributed by atoms with Crippen LogP contribution in [-0.2, 0) is 4.74 Å².